The van der Waals surface area contributed by atoms with E-state index in [9.17, 15) is 34.0 Å². The highest BCUT2D eigenvalue weighted by atomic mass is 16.5. The van der Waals surface area contributed by atoms with Crippen LogP contribution in [-0.4, -0.2) is 343 Å². The number of carbonyl (C=O) groups is 6. The third kappa shape index (κ3) is 52.1. The van der Waals surface area contributed by atoms with E-state index in [0.717, 1.165) is 246 Å². The zero-order chi connectivity index (χ0) is 108. The molecule has 834 valence electrons. The van der Waals surface area contributed by atoms with Gasteiger partial charge in [-0.25, -0.2) is 0 Å². The Hall–Kier alpha value is -4.68. The summed E-state index contributed by atoms with van der Waals surface area (Å²) >= 11 is 0. The van der Waals surface area contributed by atoms with Crippen LogP contribution in [-0.2, 0) is 38.2 Å². The smallest absolute Gasteiger partial charge is 0.239 e. The number of nitrogens with zero attached hydrogens (tertiary/aromatic N) is 12. The van der Waals surface area contributed by atoms with Crippen LogP contribution >= 0.6 is 0 Å². The van der Waals surface area contributed by atoms with Gasteiger partial charge in [-0.15, -0.1) is 0 Å². The second-order valence-electron chi connectivity index (χ2n) is 57.7. The first-order valence-electron chi connectivity index (χ1n) is 57.5. The van der Waals surface area contributed by atoms with Gasteiger partial charge in [0.2, 0.25) is 35.4 Å². The van der Waals surface area contributed by atoms with Gasteiger partial charge in [0.05, 0.1) is 61.0 Å². The van der Waals surface area contributed by atoms with E-state index in [1.54, 1.807) is 4.90 Å². The Balaban J connectivity index is 0.000000251. The van der Waals surface area contributed by atoms with E-state index in [4.69, 9.17) is 19.8 Å². The fraction of sp³-hybridized carbons (Fsp3) is 0.932. The second-order valence-corrected chi connectivity index (χ2v) is 57.7. The van der Waals surface area contributed by atoms with Crippen LogP contribution in [0.15, 0.2) is 0 Å². The molecule has 3 saturated carbocycles. The summed E-state index contributed by atoms with van der Waals surface area (Å²) in [5.74, 6) is 3.84. The van der Waals surface area contributed by atoms with Crippen molar-refractivity contribution in [2.24, 2.45) is 77.3 Å². The Morgan fingerprint density at radius 1 is 0.417 bits per heavy atom. The molecule has 11 aliphatic heterocycles. The molecule has 11 saturated heterocycles. The summed E-state index contributed by atoms with van der Waals surface area (Å²) in [7, 11) is 10.3. The second kappa shape index (κ2) is 58.4. The van der Waals surface area contributed by atoms with Crippen molar-refractivity contribution < 1.29 is 43.3 Å². The quantitative estimate of drug-likeness (QED) is 0.0524. The van der Waals surface area contributed by atoms with E-state index in [2.05, 4.69) is 276 Å². The van der Waals surface area contributed by atoms with Gasteiger partial charge in [0.15, 0.2) is 0 Å². The summed E-state index contributed by atoms with van der Waals surface area (Å²) in [5, 5.41) is 44.8. The number of aliphatic hydroxyl groups excluding tert-OH is 1. The molecule has 11 heterocycles. The average molecular weight is 2020 g/mol. The number of amides is 6. The van der Waals surface area contributed by atoms with Crippen molar-refractivity contribution in [3.63, 3.8) is 0 Å². The van der Waals surface area contributed by atoms with E-state index in [1.165, 1.54) is 83.7 Å². The number of rotatable bonds is 24. The lowest BCUT2D eigenvalue weighted by atomic mass is 9.87. The number of ether oxygens (including phenoxy) is 2. The number of carbonyl (C=O) groups excluding carboxylic acids is 6. The Kier molecular flexibility index (Phi) is 51.9. The molecule has 6 amide bonds. The predicted molar refractivity (Wildman–Crippen MR) is 593 cm³/mol. The molecule has 14 rings (SSSR count). The molecule has 7 atom stereocenters. The lowest BCUT2D eigenvalue weighted by Crippen LogP contribution is -2.47. The number of hydrogen-bond acceptors (Lipinski definition) is 20. The number of likely N-dealkylation sites (N-methyl/N-ethyl adjacent to an activating group) is 2. The minimum absolute atomic E-state index is 0.0304. The number of nitriles is 2. The maximum Gasteiger partial charge on any atom is 0.239 e. The topological polar surface area (TPSA) is 281 Å². The van der Waals surface area contributed by atoms with Crippen molar-refractivity contribution in [2.75, 3.05) is 193 Å². The van der Waals surface area contributed by atoms with Crippen LogP contribution in [0.4, 0.5) is 0 Å². The highest BCUT2D eigenvalue weighted by Gasteiger charge is 2.47. The first-order chi connectivity index (χ1) is 66.7. The van der Waals surface area contributed by atoms with E-state index in [-0.39, 0.29) is 61.9 Å². The molecule has 0 aromatic heterocycles. The monoisotopic (exact) mass is 2020 g/mol. The maximum atomic E-state index is 12.3. The lowest BCUT2D eigenvalue weighted by Gasteiger charge is -2.38. The number of likely N-dealkylation sites (tertiary alicyclic amines) is 8. The van der Waals surface area contributed by atoms with E-state index in [1.807, 2.05) is 28.8 Å². The van der Waals surface area contributed by atoms with Gasteiger partial charge in [0.25, 0.3) is 0 Å². The van der Waals surface area contributed by atoms with Crippen molar-refractivity contribution in [1.29, 1.82) is 10.5 Å². The molecule has 14 aliphatic rings. The highest BCUT2D eigenvalue weighted by molar-refractivity contribution is 5.82. The molecule has 0 radical (unpaired) electrons. The molecular formula is C118H223N17O9. The Morgan fingerprint density at radius 3 is 1.25 bits per heavy atom. The molecule has 0 aromatic rings. The fourth-order valence-electron chi connectivity index (χ4n) is 21.5. The molecule has 3 aliphatic carbocycles. The fourth-order valence-corrected chi connectivity index (χ4v) is 21.5. The lowest BCUT2D eigenvalue weighted by molar-refractivity contribution is -0.135. The SMILES string of the molecule is CC(C)(C)CC(=O)N1CC2CCCNC2C1.CC(C)(C)CC(=O)N1CCC(NCC2(C#N)CC2)CC1.CC(C)(C)CCNC1CC(O)C1.CC(C)(C)CCNC1COC1.CC(C)(C)CCN[C@@H]1CCCOC1.CN(C)C(=O)[C@@H]1CCCN1CC1CCN(C(=O)CC(C)(C)C)CC1.CN(CC1(C#N)CC1)C1CCN(C(=O)CC(C)(C)C)CC1.CN1CCC2CN(C(=O)CC(C)(C)C)CC21.CN1CCC[C@@H]1CC(C)(C)C. The van der Waals surface area contributed by atoms with Crippen LogP contribution in [0.5, 0.6) is 0 Å². The molecule has 4 unspecified atom stereocenters. The average Bonchev–Trinajstić information content (AvgIpc) is 1.66. The highest BCUT2D eigenvalue weighted by Crippen LogP contribution is 2.47. The first-order valence-corrected chi connectivity index (χ1v) is 57.5. The zero-order valence-corrected chi connectivity index (χ0v) is 98.8. The summed E-state index contributed by atoms with van der Waals surface area (Å²) in [5.41, 5.74) is 2.11. The molecule has 0 aromatic carbocycles. The van der Waals surface area contributed by atoms with Crippen LogP contribution in [0.25, 0.3) is 0 Å². The number of fused-ring (bicyclic) bond motifs is 2. The standard InChI is InChI=1S/C19H35N3O2.C17H29N3O.C16H27N3O.2C13H24N2O.C11H23NO.C10H21NO.C10H21N.C9H19NO/c1-19(2,3)13-17(23)21-11-8-15(9-12-21)14-22-10-6-7-16(22)18(24)20(4)5;1-16(2,3)11-15(21)20-9-5-14(6-10-20)19(4)13-17(12-18)7-8-17;1-15(2,3)10-14(20)19-8-4-13(5-9-19)18-12-16(11-17)6-7-16;1-13(2,3)7-12(16)15-8-10-5-6-14(4)11(10)9-15;1-13(2,3)7-12(16)15-8-10-5-4-6-14-11(10)9-15;1-11(2,3)6-7-12-10-5-4-8-13-9-10;1-10(2,3)4-5-11-8-6-9(12)7-8;1-10(2,3)8-9-6-5-7-11(9)4;1-9(2,3)4-5-10-8-6-11-7-8/h15-16H,6-14H2,1-5H3;14H,5-11,13H2,1-4H3;13,18H,4-10,12H2,1-3H3;10-11H,5-9H2,1-4H3;10-11,14H,4-9H2,1-3H3;10,12H,4-9H2,1-3H3;8-9,11-12H,4-7H2,1-3H3;9H,5-8H2,1-4H3;8,10H,4-7H2,1-3H3/t16-;;;;;10-;;9-;/m0....1.1./s1. The van der Waals surface area contributed by atoms with Gasteiger partial charge >= 0.3 is 0 Å². The van der Waals surface area contributed by atoms with Gasteiger partial charge in [-0.05, 0) is 294 Å². The van der Waals surface area contributed by atoms with Crippen LogP contribution in [0.2, 0.25) is 0 Å². The van der Waals surface area contributed by atoms with Crippen molar-refractivity contribution in [3.05, 3.63) is 0 Å². The van der Waals surface area contributed by atoms with Crippen molar-refractivity contribution in [2.45, 2.75) is 440 Å². The van der Waals surface area contributed by atoms with E-state index >= 15 is 0 Å². The number of hydrogen-bond donors (Lipinski definition) is 6. The molecule has 0 bridgehead atoms. The van der Waals surface area contributed by atoms with Crippen molar-refractivity contribution in [3.8, 4) is 12.1 Å². The zero-order valence-electron chi connectivity index (χ0n) is 98.8. The van der Waals surface area contributed by atoms with Gasteiger partial charge in [-0.1, -0.05) is 187 Å². The van der Waals surface area contributed by atoms with Gasteiger partial charge < -0.3 is 85.3 Å². The number of piperidine rings is 4. The van der Waals surface area contributed by atoms with Crippen LogP contribution in [0.1, 0.15) is 380 Å². The minimum Gasteiger partial charge on any atom is -0.393 e. The Labute approximate surface area is 882 Å². The molecule has 6 N–H and O–H groups in total. The predicted octanol–water partition coefficient (Wildman–Crippen LogP) is 18.0. The summed E-state index contributed by atoms with van der Waals surface area (Å²) in [6, 6.07) is 9.83. The van der Waals surface area contributed by atoms with Gasteiger partial charge in [0, 0.05) is 180 Å². The molecule has 144 heavy (non-hydrogen) atoms. The van der Waals surface area contributed by atoms with Crippen LogP contribution in [0.3, 0.4) is 0 Å². The molecule has 26 heteroatoms. The molecule has 26 nitrogen and oxygen atoms in total. The number of nitrogens with one attached hydrogen (secondary N) is 5. The van der Waals surface area contributed by atoms with E-state index < -0.39 is 0 Å². The Morgan fingerprint density at radius 2 is 0.854 bits per heavy atom. The number of aliphatic hydroxyl groups is 1. The summed E-state index contributed by atoms with van der Waals surface area (Å²) in [6.45, 7) is 82.7. The van der Waals surface area contributed by atoms with E-state index in [0.29, 0.717) is 132 Å². The normalized spacial score (nSPS) is 25.4. The van der Waals surface area contributed by atoms with Crippen LogP contribution in [0, 0.1) is 100.0 Å². The minimum atomic E-state index is -0.0702. The summed E-state index contributed by atoms with van der Waals surface area (Å²) < 4.78 is 10.5. The van der Waals surface area contributed by atoms with Crippen LogP contribution < -0.4 is 26.6 Å². The molecular weight excluding hydrogens is 1800 g/mol. The Bertz CT molecular complexity index is 3760. The third-order valence-corrected chi connectivity index (χ3v) is 31.2. The maximum absolute atomic E-state index is 12.3. The third-order valence-electron chi connectivity index (χ3n) is 31.2. The summed E-state index contributed by atoms with van der Waals surface area (Å²) in [6.07, 6.45) is 31.8. The first kappa shape index (κ1) is 128. The molecule has 14 fully saturated rings. The van der Waals surface area contributed by atoms with Crippen molar-refractivity contribution >= 4 is 35.4 Å². The van der Waals surface area contributed by atoms with Gasteiger partial charge in [0.1, 0.15) is 0 Å². The summed E-state index contributed by atoms with van der Waals surface area (Å²) in [4.78, 5) is 94.8. The largest absolute Gasteiger partial charge is 0.393 e. The van der Waals surface area contributed by atoms with Gasteiger partial charge in [-0.2, -0.15) is 10.5 Å². The van der Waals surface area contributed by atoms with Gasteiger partial charge in [-0.3, -0.25) is 33.7 Å². The van der Waals surface area contributed by atoms with Crippen molar-refractivity contribution in [1.82, 2.24) is 75.6 Å². The molecule has 0 spiro atoms.